The van der Waals surface area contributed by atoms with Gasteiger partial charge < -0.3 is 10.2 Å². The van der Waals surface area contributed by atoms with Crippen LogP contribution in [0.1, 0.15) is 63.6 Å². The number of rotatable bonds is 6. The minimum absolute atomic E-state index is 0.0731. The molecule has 1 N–H and O–H groups in total. The highest BCUT2D eigenvalue weighted by Crippen LogP contribution is 2.31. The average Bonchev–Trinajstić information content (AvgIpc) is 3.10. The molecular weight excluding hydrogens is 428 g/mol. The van der Waals surface area contributed by atoms with Gasteiger partial charge in [0.25, 0.3) is 11.8 Å². The van der Waals surface area contributed by atoms with Crippen molar-refractivity contribution in [1.29, 1.82) is 0 Å². The maximum Gasteiger partial charge on any atom is 0.262 e. The van der Waals surface area contributed by atoms with Crippen molar-refractivity contribution < 1.29 is 14.4 Å². The molecule has 7 heteroatoms. The number of hydrogen-bond acceptors (Lipinski definition) is 5. The van der Waals surface area contributed by atoms with E-state index < -0.39 is 11.8 Å². The lowest BCUT2D eigenvalue weighted by molar-refractivity contribution is -0.121. The van der Waals surface area contributed by atoms with Gasteiger partial charge in [0.15, 0.2) is 0 Å². The summed E-state index contributed by atoms with van der Waals surface area (Å²) in [6.45, 7) is 3.30. The first-order valence-corrected chi connectivity index (χ1v) is 12.3. The van der Waals surface area contributed by atoms with E-state index in [-0.39, 0.29) is 18.5 Å². The van der Waals surface area contributed by atoms with Gasteiger partial charge in [0.2, 0.25) is 5.91 Å². The predicted octanol–water partition coefficient (Wildman–Crippen LogP) is 3.01. The molecule has 0 saturated carbocycles. The average molecular weight is 461 g/mol. The lowest BCUT2D eigenvalue weighted by Gasteiger charge is -2.36. The molecule has 2 aromatic rings. The molecule has 7 nitrogen and oxygen atoms in total. The fourth-order valence-electron chi connectivity index (χ4n) is 5.49. The number of amides is 3. The minimum atomic E-state index is -0.401. The summed E-state index contributed by atoms with van der Waals surface area (Å²) in [5.41, 5.74) is 4.61. The van der Waals surface area contributed by atoms with Crippen molar-refractivity contribution in [3.05, 3.63) is 64.7 Å². The SMILES string of the molecule is CN1CCCc2cc([C@@H](CNC(=O)CN3C(=O)c4ccccc4C3=O)N3CCCCC3)ccc21. The van der Waals surface area contributed by atoms with Crippen LogP contribution in [-0.4, -0.2) is 67.3 Å². The molecule has 1 fully saturated rings. The molecule has 2 aromatic carbocycles. The molecule has 0 bridgehead atoms. The Labute approximate surface area is 200 Å². The summed E-state index contributed by atoms with van der Waals surface area (Å²) < 4.78 is 0. The van der Waals surface area contributed by atoms with Crippen molar-refractivity contribution in [3.8, 4) is 0 Å². The zero-order chi connectivity index (χ0) is 23.7. The van der Waals surface area contributed by atoms with E-state index in [1.165, 1.54) is 23.2 Å². The van der Waals surface area contributed by atoms with Crippen LogP contribution in [0.15, 0.2) is 42.5 Å². The number of anilines is 1. The molecule has 1 atom stereocenters. The van der Waals surface area contributed by atoms with E-state index in [4.69, 9.17) is 0 Å². The monoisotopic (exact) mass is 460 g/mol. The first kappa shape index (κ1) is 22.6. The van der Waals surface area contributed by atoms with E-state index >= 15 is 0 Å². The number of nitrogens with one attached hydrogen (secondary N) is 1. The van der Waals surface area contributed by atoms with E-state index in [1.807, 2.05) is 0 Å². The van der Waals surface area contributed by atoms with Gasteiger partial charge in [-0.3, -0.25) is 24.2 Å². The molecule has 3 amide bonds. The Kier molecular flexibility index (Phi) is 6.37. The molecule has 1 saturated heterocycles. The highest BCUT2D eigenvalue weighted by molar-refractivity contribution is 6.22. The van der Waals surface area contributed by atoms with Gasteiger partial charge in [-0.05, 0) is 68.1 Å². The molecule has 0 radical (unpaired) electrons. The number of likely N-dealkylation sites (tertiary alicyclic amines) is 1. The van der Waals surface area contributed by atoms with Crippen LogP contribution in [0.4, 0.5) is 5.69 Å². The Morgan fingerprint density at radius 1 is 0.941 bits per heavy atom. The molecule has 3 heterocycles. The van der Waals surface area contributed by atoms with Gasteiger partial charge in [-0.2, -0.15) is 0 Å². The fourth-order valence-corrected chi connectivity index (χ4v) is 5.49. The molecule has 0 unspecified atom stereocenters. The van der Waals surface area contributed by atoms with Crippen molar-refractivity contribution in [3.63, 3.8) is 0 Å². The minimum Gasteiger partial charge on any atom is -0.374 e. The maximum atomic E-state index is 12.9. The predicted molar refractivity (Wildman–Crippen MR) is 131 cm³/mol. The zero-order valence-corrected chi connectivity index (χ0v) is 19.8. The van der Waals surface area contributed by atoms with Gasteiger partial charge in [-0.15, -0.1) is 0 Å². The molecule has 3 aliphatic heterocycles. The topological polar surface area (TPSA) is 73.0 Å². The Bertz CT molecular complexity index is 1070. The van der Waals surface area contributed by atoms with Gasteiger partial charge >= 0.3 is 0 Å². The van der Waals surface area contributed by atoms with Gasteiger partial charge in [-0.1, -0.05) is 30.7 Å². The fraction of sp³-hybridized carbons (Fsp3) is 0.444. The first-order valence-electron chi connectivity index (χ1n) is 12.3. The second-order valence-corrected chi connectivity index (χ2v) is 9.57. The number of piperidine rings is 1. The summed E-state index contributed by atoms with van der Waals surface area (Å²) in [6.07, 6.45) is 5.79. The Balaban J connectivity index is 1.29. The van der Waals surface area contributed by atoms with Gasteiger partial charge in [0, 0.05) is 25.8 Å². The third-order valence-corrected chi connectivity index (χ3v) is 7.34. The second kappa shape index (κ2) is 9.58. The summed E-state index contributed by atoms with van der Waals surface area (Å²) in [6, 6.07) is 13.5. The first-order chi connectivity index (χ1) is 16.5. The summed E-state index contributed by atoms with van der Waals surface area (Å²) in [7, 11) is 2.14. The largest absolute Gasteiger partial charge is 0.374 e. The molecular formula is C27H32N4O3. The lowest BCUT2D eigenvalue weighted by atomic mass is 9.95. The third kappa shape index (κ3) is 4.32. The smallest absolute Gasteiger partial charge is 0.262 e. The van der Waals surface area contributed by atoms with E-state index in [0.717, 1.165) is 50.2 Å². The van der Waals surface area contributed by atoms with Crippen LogP contribution in [0.3, 0.4) is 0 Å². The van der Waals surface area contributed by atoms with Crippen molar-refractivity contribution in [2.24, 2.45) is 0 Å². The number of aryl methyl sites for hydroxylation is 1. The van der Waals surface area contributed by atoms with E-state index in [1.54, 1.807) is 24.3 Å². The number of nitrogens with zero attached hydrogens (tertiary/aromatic N) is 3. The lowest BCUT2D eigenvalue weighted by Crippen LogP contribution is -2.44. The van der Waals surface area contributed by atoms with E-state index in [0.29, 0.717) is 17.7 Å². The van der Waals surface area contributed by atoms with Gasteiger partial charge in [0.05, 0.1) is 17.2 Å². The molecule has 0 aromatic heterocycles. The summed E-state index contributed by atoms with van der Waals surface area (Å²) in [5, 5.41) is 3.03. The molecule has 34 heavy (non-hydrogen) atoms. The van der Waals surface area contributed by atoms with Crippen molar-refractivity contribution in [1.82, 2.24) is 15.1 Å². The number of carbonyl (C=O) groups is 3. The van der Waals surface area contributed by atoms with E-state index in [9.17, 15) is 14.4 Å². The Hall–Kier alpha value is -3.19. The highest BCUT2D eigenvalue weighted by atomic mass is 16.2. The number of hydrogen-bond donors (Lipinski definition) is 1. The molecule has 0 spiro atoms. The van der Waals surface area contributed by atoms with E-state index in [2.05, 4.69) is 40.4 Å². The summed E-state index contributed by atoms with van der Waals surface area (Å²) in [4.78, 5) is 43.9. The summed E-state index contributed by atoms with van der Waals surface area (Å²) >= 11 is 0. The zero-order valence-electron chi connectivity index (χ0n) is 19.8. The molecule has 0 aliphatic carbocycles. The second-order valence-electron chi connectivity index (χ2n) is 9.57. The third-order valence-electron chi connectivity index (χ3n) is 7.34. The van der Waals surface area contributed by atoms with Crippen LogP contribution < -0.4 is 10.2 Å². The van der Waals surface area contributed by atoms with Gasteiger partial charge in [-0.25, -0.2) is 0 Å². The van der Waals surface area contributed by atoms with Crippen molar-refractivity contribution >= 4 is 23.4 Å². The number of benzene rings is 2. The standard InChI is InChI=1S/C27H32N4O3/c1-29-13-7-8-19-16-20(11-12-23(19)29)24(30-14-5-2-6-15-30)17-28-25(32)18-31-26(33)21-9-3-4-10-22(21)27(31)34/h3-4,9-12,16,24H,2,5-8,13-15,17-18H2,1H3,(H,28,32)/t24-/m1/s1. The quantitative estimate of drug-likeness (QED) is 0.671. The van der Waals surface area contributed by atoms with Crippen LogP contribution in [0.25, 0.3) is 0 Å². The van der Waals surface area contributed by atoms with Crippen LogP contribution in [0.5, 0.6) is 0 Å². The van der Waals surface area contributed by atoms with Crippen LogP contribution in [0, 0.1) is 0 Å². The van der Waals surface area contributed by atoms with Crippen molar-refractivity contribution in [2.75, 3.05) is 44.7 Å². The highest BCUT2D eigenvalue weighted by Gasteiger charge is 2.36. The van der Waals surface area contributed by atoms with Crippen LogP contribution >= 0.6 is 0 Å². The molecule has 178 valence electrons. The van der Waals surface area contributed by atoms with Crippen molar-refractivity contribution in [2.45, 2.75) is 38.1 Å². The Morgan fingerprint density at radius 3 is 2.35 bits per heavy atom. The number of imide groups is 1. The normalized spacial score (nSPS) is 19.1. The van der Waals surface area contributed by atoms with Crippen LogP contribution in [-0.2, 0) is 11.2 Å². The van der Waals surface area contributed by atoms with Gasteiger partial charge in [0.1, 0.15) is 6.54 Å². The molecule has 5 rings (SSSR count). The maximum absolute atomic E-state index is 12.9. The number of carbonyl (C=O) groups excluding carboxylic acids is 3. The number of fused-ring (bicyclic) bond motifs is 2. The Morgan fingerprint density at radius 2 is 1.65 bits per heavy atom. The summed E-state index contributed by atoms with van der Waals surface area (Å²) in [5.74, 6) is -1.11. The van der Waals surface area contributed by atoms with Crippen LogP contribution in [0.2, 0.25) is 0 Å². The molecule has 3 aliphatic rings.